The van der Waals surface area contributed by atoms with Gasteiger partial charge in [-0.1, -0.05) is 51.2 Å². The van der Waals surface area contributed by atoms with Crippen molar-refractivity contribution in [2.45, 2.75) is 89.1 Å². The molecule has 0 unspecified atom stereocenters. The van der Waals surface area contributed by atoms with Crippen LogP contribution in [0.15, 0.2) is 12.2 Å². The molecule has 142 valence electrons. The van der Waals surface area contributed by atoms with E-state index in [4.69, 9.17) is 14.6 Å². The van der Waals surface area contributed by atoms with Gasteiger partial charge in [0, 0.05) is 6.61 Å². The first-order valence-electron chi connectivity index (χ1n) is 9.55. The number of allylic oxidation sites excluding steroid dienone is 2. The number of aliphatic hydroxyl groups excluding tert-OH is 3. The van der Waals surface area contributed by atoms with Gasteiger partial charge in [0.1, 0.15) is 24.4 Å². The van der Waals surface area contributed by atoms with E-state index in [9.17, 15) is 10.2 Å². The van der Waals surface area contributed by atoms with Gasteiger partial charge in [0.05, 0.1) is 13.2 Å². The van der Waals surface area contributed by atoms with Gasteiger partial charge in [-0.05, 0) is 25.7 Å². The molecule has 0 aromatic rings. The first kappa shape index (κ1) is 21.6. The molecule has 1 aliphatic heterocycles. The molecule has 0 aromatic carbocycles. The van der Waals surface area contributed by atoms with Crippen molar-refractivity contribution in [2.75, 3.05) is 19.8 Å². The average Bonchev–Trinajstić information content (AvgIpc) is 2.59. The molecule has 3 N–H and O–H groups in total. The zero-order valence-corrected chi connectivity index (χ0v) is 15.1. The lowest BCUT2D eigenvalue weighted by Crippen LogP contribution is -2.55. The lowest BCUT2D eigenvalue weighted by Gasteiger charge is -2.36. The molecule has 5 heteroatoms. The number of rotatable bonds is 13. The first-order chi connectivity index (χ1) is 11.7. The van der Waals surface area contributed by atoms with Crippen molar-refractivity contribution in [1.82, 2.24) is 0 Å². The van der Waals surface area contributed by atoms with Crippen LogP contribution in [-0.2, 0) is 9.47 Å². The number of unbranched alkanes of at least 4 members (excludes halogenated alkanes) is 7. The first-order valence-corrected chi connectivity index (χ1v) is 9.55. The smallest absolute Gasteiger partial charge is 0.111 e. The quantitative estimate of drug-likeness (QED) is 0.353. The summed E-state index contributed by atoms with van der Waals surface area (Å²) < 4.78 is 10.9. The minimum absolute atomic E-state index is 0.217. The van der Waals surface area contributed by atoms with E-state index in [1.807, 2.05) is 0 Å². The summed E-state index contributed by atoms with van der Waals surface area (Å²) in [6.07, 6.45) is 12.0. The van der Waals surface area contributed by atoms with Gasteiger partial charge in [0.2, 0.25) is 0 Å². The molecule has 0 saturated carbocycles. The van der Waals surface area contributed by atoms with Gasteiger partial charge in [-0.3, -0.25) is 0 Å². The molecular weight excluding hydrogens is 308 g/mol. The molecule has 1 saturated heterocycles. The van der Waals surface area contributed by atoms with E-state index in [0.717, 1.165) is 12.8 Å². The molecule has 0 bridgehead atoms. The van der Waals surface area contributed by atoms with Crippen molar-refractivity contribution in [3.8, 4) is 0 Å². The van der Waals surface area contributed by atoms with Crippen LogP contribution in [0.1, 0.15) is 64.7 Å². The number of hydrogen-bond acceptors (Lipinski definition) is 5. The Morgan fingerprint density at radius 3 is 2.33 bits per heavy atom. The predicted octanol–water partition coefficient (Wildman–Crippen LogP) is 2.57. The molecule has 4 atom stereocenters. The largest absolute Gasteiger partial charge is 0.394 e. The fraction of sp³-hybridized carbons (Fsp3) is 0.895. The maximum absolute atomic E-state index is 9.94. The number of aliphatic hydroxyl groups is 3. The standard InChI is InChI=1S/C19H36O5/c1-2-3-4-5-6-7-8-9-10-11-12-13-23-17-15-24-16(14-20)18(21)19(17)22/h4-5,16-22H,2-3,6-15H2,1H3/b5-4+/t16-,17+,18-,19-/m0/s1. The van der Waals surface area contributed by atoms with Gasteiger partial charge in [0.15, 0.2) is 0 Å². The maximum atomic E-state index is 9.94. The van der Waals surface area contributed by atoms with Crippen LogP contribution in [0.3, 0.4) is 0 Å². The van der Waals surface area contributed by atoms with Gasteiger partial charge in [0.25, 0.3) is 0 Å². The number of hydrogen-bond donors (Lipinski definition) is 3. The normalized spacial score (nSPS) is 27.8. The molecule has 0 spiro atoms. The van der Waals surface area contributed by atoms with E-state index in [0.29, 0.717) is 6.61 Å². The van der Waals surface area contributed by atoms with Gasteiger partial charge < -0.3 is 24.8 Å². The SMILES string of the molecule is CCC/C=C/CCCCCCCCO[C@@H]1CO[C@@H](CO)[C@H](O)[C@H]1O. The molecule has 1 heterocycles. The summed E-state index contributed by atoms with van der Waals surface area (Å²) in [7, 11) is 0. The Morgan fingerprint density at radius 1 is 0.958 bits per heavy atom. The van der Waals surface area contributed by atoms with Crippen LogP contribution < -0.4 is 0 Å². The third kappa shape index (κ3) is 8.58. The predicted molar refractivity (Wildman–Crippen MR) is 94.9 cm³/mol. The molecule has 1 fully saturated rings. The third-order valence-electron chi connectivity index (χ3n) is 4.49. The summed E-state index contributed by atoms with van der Waals surface area (Å²) in [5.41, 5.74) is 0. The fourth-order valence-corrected chi connectivity index (χ4v) is 2.87. The highest BCUT2D eigenvalue weighted by atomic mass is 16.6. The zero-order valence-electron chi connectivity index (χ0n) is 15.1. The zero-order chi connectivity index (χ0) is 17.6. The van der Waals surface area contributed by atoms with Gasteiger partial charge in [-0.25, -0.2) is 0 Å². The summed E-state index contributed by atoms with van der Waals surface area (Å²) in [5, 5.41) is 28.7. The summed E-state index contributed by atoms with van der Waals surface area (Å²) in [6, 6.07) is 0. The molecule has 5 nitrogen and oxygen atoms in total. The van der Waals surface area contributed by atoms with Crippen LogP contribution in [0.2, 0.25) is 0 Å². The Labute approximate surface area is 146 Å². The Kier molecular flexibility index (Phi) is 12.4. The molecule has 1 rings (SSSR count). The highest BCUT2D eigenvalue weighted by molar-refractivity contribution is 4.87. The van der Waals surface area contributed by atoms with Crippen molar-refractivity contribution in [2.24, 2.45) is 0 Å². The summed E-state index contributed by atoms with van der Waals surface area (Å²) in [4.78, 5) is 0. The maximum Gasteiger partial charge on any atom is 0.111 e. The highest BCUT2D eigenvalue weighted by Crippen LogP contribution is 2.18. The second kappa shape index (κ2) is 13.8. The molecule has 0 aliphatic carbocycles. The van der Waals surface area contributed by atoms with Crippen molar-refractivity contribution in [3.05, 3.63) is 12.2 Å². The van der Waals surface area contributed by atoms with Crippen LogP contribution in [0.5, 0.6) is 0 Å². The highest BCUT2D eigenvalue weighted by Gasteiger charge is 2.38. The fourth-order valence-electron chi connectivity index (χ4n) is 2.87. The second-order valence-corrected chi connectivity index (χ2v) is 6.61. The van der Waals surface area contributed by atoms with Gasteiger partial charge in [-0.15, -0.1) is 0 Å². The lowest BCUT2D eigenvalue weighted by atomic mass is 10.0. The Balaban J connectivity index is 1.93. The van der Waals surface area contributed by atoms with Crippen LogP contribution in [0.25, 0.3) is 0 Å². The van der Waals surface area contributed by atoms with E-state index >= 15 is 0 Å². The Hall–Kier alpha value is -0.460. The van der Waals surface area contributed by atoms with Gasteiger partial charge >= 0.3 is 0 Å². The van der Waals surface area contributed by atoms with Crippen LogP contribution in [-0.4, -0.2) is 59.6 Å². The average molecular weight is 344 g/mol. The summed E-state index contributed by atoms with van der Waals surface area (Å²) in [6.45, 7) is 2.69. The topological polar surface area (TPSA) is 79.2 Å². The van der Waals surface area contributed by atoms with Crippen molar-refractivity contribution in [1.29, 1.82) is 0 Å². The van der Waals surface area contributed by atoms with E-state index in [1.165, 1.54) is 44.9 Å². The second-order valence-electron chi connectivity index (χ2n) is 6.61. The van der Waals surface area contributed by atoms with E-state index in [1.54, 1.807) is 0 Å². The summed E-state index contributed by atoms with van der Waals surface area (Å²) in [5.74, 6) is 0. The van der Waals surface area contributed by atoms with E-state index in [-0.39, 0.29) is 13.2 Å². The van der Waals surface area contributed by atoms with E-state index < -0.39 is 24.4 Å². The molecule has 0 amide bonds. The monoisotopic (exact) mass is 344 g/mol. The third-order valence-corrected chi connectivity index (χ3v) is 4.49. The summed E-state index contributed by atoms with van der Waals surface area (Å²) >= 11 is 0. The minimum atomic E-state index is -1.08. The van der Waals surface area contributed by atoms with Crippen molar-refractivity contribution < 1.29 is 24.8 Å². The van der Waals surface area contributed by atoms with Crippen molar-refractivity contribution in [3.63, 3.8) is 0 Å². The molecule has 1 aliphatic rings. The Morgan fingerprint density at radius 2 is 1.62 bits per heavy atom. The van der Waals surface area contributed by atoms with Gasteiger partial charge in [-0.2, -0.15) is 0 Å². The minimum Gasteiger partial charge on any atom is -0.394 e. The molecule has 0 radical (unpaired) electrons. The molecule has 24 heavy (non-hydrogen) atoms. The van der Waals surface area contributed by atoms with E-state index in [2.05, 4.69) is 19.1 Å². The Bertz CT molecular complexity index is 321. The van der Waals surface area contributed by atoms with Crippen LogP contribution in [0, 0.1) is 0 Å². The van der Waals surface area contributed by atoms with Crippen LogP contribution in [0.4, 0.5) is 0 Å². The molecule has 0 aromatic heterocycles. The number of ether oxygens (including phenoxy) is 2. The van der Waals surface area contributed by atoms with Crippen LogP contribution >= 0.6 is 0 Å². The molecular formula is C19H36O5. The van der Waals surface area contributed by atoms with Crippen molar-refractivity contribution >= 4 is 0 Å². The lowest BCUT2D eigenvalue weighted by molar-refractivity contribution is -0.208.